The molecule has 0 aromatic rings. The highest BCUT2D eigenvalue weighted by molar-refractivity contribution is 5.36. The van der Waals surface area contributed by atoms with E-state index in [1.165, 1.54) is 7.11 Å². The number of hydrogen-bond donors (Lipinski definition) is 0. The van der Waals surface area contributed by atoms with Gasteiger partial charge in [-0.25, -0.2) is 0 Å². The molecule has 0 N–H and O–H groups in total. The van der Waals surface area contributed by atoms with Crippen LogP contribution in [0.3, 0.4) is 0 Å². The van der Waals surface area contributed by atoms with Gasteiger partial charge in [0.15, 0.2) is 0 Å². The van der Waals surface area contributed by atoms with E-state index >= 15 is 0 Å². The van der Waals surface area contributed by atoms with E-state index in [4.69, 9.17) is 9.53 Å². The zero-order valence-electron chi connectivity index (χ0n) is 6.69. The Morgan fingerprint density at radius 2 is 1.91 bits per heavy atom. The molecule has 0 amide bonds. The van der Waals surface area contributed by atoms with Crippen molar-refractivity contribution in [2.75, 3.05) is 7.11 Å². The second kappa shape index (κ2) is 6.86. The molecule has 1 aliphatic rings. The Morgan fingerprint density at radius 3 is 2.09 bits per heavy atom. The summed E-state index contributed by atoms with van der Waals surface area (Å²) in [5.74, 6) is 0.550. The predicted octanol–water partition coefficient (Wildman–Crippen LogP) is 1.47. The lowest BCUT2D eigenvalue weighted by Gasteiger charge is -2.01. The lowest BCUT2D eigenvalue weighted by Crippen LogP contribution is -1.86. The first-order valence-corrected chi connectivity index (χ1v) is 3.26. The first-order chi connectivity index (χ1) is 5.31. The van der Waals surface area contributed by atoms with E-state index in [0.29, 0.717) is 12.4 Å². The quantitative estimate of drug-likeness (QED) is 0.539. The fraction of sp³-hybridized carbons (Fsp3) is 0.375. The van der Waals surface area contributed by atoms with Crippen LogP contribution in [0.15, 0.2) is 24.7 Å². The van der Waals surface area contributed by atoms with Gasteiger partial charge in [-0.15, -0.1) is 0 Å². The van der Waals surface area contributed by atoms with Crippen molar-refractivity contribution in [1.29, 1.82) is 0 Å². The third-order valence-corrected chi connectivity index (χ3v) is 1.02. The summed E-state index contributed by atoms with van der Waals surface area (Å²) >= 11 is 0. The molecule has 0 unspecified atom stereocenters. The molecule has 0 atom stereocenters. The predicted molar refractivity (Wildman–Crippen MR) is 41.6 cm³/mol. The van der Waals surface area contributed by atoms with Crippen LogP contribution in [0.4, 0.5) is 0 Å². The third-order valence-electron chi connectivity index (χ3n) is 1.02. The van der Waals surface area contributed by atoms with Crippen molar-refractivity contribution in [3.05, 3.63) is 24.7 Å². The molecule has 0 radical (unpaired) electrons. The number of carbonyl (C=O) groups is 1. The number of ether oxygens (including phenoxy) is 2. The Hall–Kier alpha value is -1.25. The number of allylic oxidation sites excluding steroid dienone is 2. The van der Waals surface area contributed by atoms with Gasteiger partial charge in [0.1, 0.15) is 0 Å². The van der Waals surface area contributed by atoms with E-state index in [1.54, 1.807) is 12.5 Å². The second-order valence-corrected chi connectivity index (χ2v) is 1.98. The van der Waals surface area contributed by atoms with E-state index in [1.807, 2.05) is 12.2 Å². The Labute approximate surface area is 66.3 Å². The number of hydrogen-bond acceptors (Lipinski definition) is 3. The molecule has 3 heteroatoms. The van der Waals surface area contributed by atoms with Gasteiger partial charge in [0.25, 0.3) is 6.47 Å². The van der Waals surface area contributed by atoms with Crippen molar-refractivity contribution in [3.63, 3.8) is 0 Å². The van der Waals surface area contributed by atoms with Crippen molar-refractivity contribution in [2.45, 2.75) is 6.92 Å². The van der Waals surface area contributed by atoms with E-state index in [9.17, 15) is 0 Å². The van der Waals surface area contributed by atoms with Gasteiger partial charge < -0.3 is 9.47 Å². The molecular formula is C8H12O3. The van der Waals surface area contributed by atoms with Crippen molar-refractivity contribution in [2.24, 2.45) is 5.92 Å². The van der Waals surface area contributed by atoms with Crippen molar-refractivity contribution >= 4 is 6.47 Å². The van der Waals surface area contributed by atoms with Gasteiger partial charge in [-0.2, -0.15) is 0 Å². The maximum absolute atomic E-state index is 8.95. The van der Waals surface area contributed by atoms with Crippen LogP contribution in [0.2, 0.25) is 0 Å². The minimum atomic E-state index is 0.375. The highest BCUT2D eigenvalue weighted by Crippen LogP contribution is 2.03. The topological polar surface area (TPSA) is 35.5 Å². The Kier molecular flexibility index (Phi) is 6.08. The van der Waals surface area contributed by atoms with Crippen LogP contribution >= 0.6 is 0 Å². The summed E-state index contributed by atoms with van der Waals surface area (Å²) in [4.78, 5) is 8.95. The highest BCUT2D eigenvalue weighted by atomic mass is 16.5. The summed E-state index contributed by atoms with van der Waals surface area (Å²) in [6, 6.07) is 0. The largest absolute Gasteiger partial charge is 0.473 e. The van der Waals surface area contributed by atoms with Crippen LogP contribution in [0.5, 0.6) is 0 Å². The molecule has 3 nitrogen and oxygen atoms in total. The molecule has 62 valence electrons. The Morgan fingerprint density at radius 1 is 1.45 bits per heavy atom. The molecular weight excluding hydrogens is 144 g/mol. The van der Waals surface area contributed by atoms with Crippen LogP contribution in [0.1, 0.15) is 6.92 Å². The number of carbonyl (C=O) groups excluding carboxylic acids is 1. The molecule has 0 aromatic heterocycles. The van der Waals surface area contributed by atoms with Crippen LogP contribution in [-0.2, 0) is 14.3 Å². The molecule has 1 rings (SSSR count). The van der Waals surface area contributed by atoms with Crippen LogP contribution in [-0.4, -0.2) is 13.6 Å². The second-order valence-electron chi connectivity index (χ2n) is 1.98. The summed E-state index contributed by atoms with van der Waals surface area (Å²) in [6.45, 7) is 2.48. The van der Waals surface area contributed by atoms with Crippen molar-refractivity contribution in [1.82, 2.24) is 0 Å². The molecule has 0 saturated carbocycles. The van der Waals surface area contributed by atoms with E-state index in [-0.39, 0.29) is 0 Å². The fourth-order valence-corrected chi connectivity index (χ4v) is 0.448. The number of rotatable bonds is 1. The molecule has 0 saturated heterocycles. The Bertz CT molecular complexity index is 137. The lowest BCUT2D eigenvalue weighted by molar-refractivity contribution is -0.126. The van der Waals surface area contributed by atoms with Gasteiger partial charge in [0, 0.05) is 0 Å². The van der Waals surface area contributed by atoms with Gasteiger partial charge in [0.05, 0.1) is 19.6 Å². The van der Waals surface area contributed by atoms with Crippen LogP contribution < -0.4 is 0 Å². The van der Waals surface area contributed by atoms with Gasteiger partial charge in [-0.3, -0.25) is 4.79 Å². The standard InChI is InChI=1S/C6H8O.C2H4O2/c1-6-2-4-7-5-3-6;1-4-2-3/h2-6H,1H3;2H,1H3. The molecule has 0 aromatic carbocycles. The molecule has 11 heavy (non-hydrogen) atoms. The third kappa shape index (κ3) is 6.64. The van der Waals surface area contributed by atoms with Gasteiger partial charge in [-0.1, -0.05) is 6.92 Å². The van der Waals surface area contributed by atoms with E-state index < -0.39 is 0 Å². The molecule has 1 aliphatic heterocycles. The average Bonchev–Trinajstić information content (AvgIpc) is 2.07. The average molecular weight is 156 g/mol. The highest BCUT2D eigenvalue weighted by Gasteiger charge is 1.91. The van der Waals surface area contributed by atoms with Gasteiger partial charge in [0.2, 0.25) is 0 Å². The smallest absolute Gasteiger partial charge is 0.292 e. The van der Waals surface area contributed by atoms with E-state index in [2.05, 4.69) is 11.7 Å². The fourth-order valence-electron chi connectivity index (χ4n) is 0.448. The molecule has 0 aliphatic carbocycles. The SMILES string of the molecule is CC1C=COC=C1.COC=O. The van der Waals surface area contributed by atoms with Crippen molar-refractivity contribution in [3.8, 4) is 0 Å². The van der Waals surface area contributed by atoms with Crippen LogP contribution in [0.25, 0.3) is 0 Å². The molecule has 1 heterocycles. The summed E-state index contributed by atoms with van der Waals surface area (Å²) < 4.78 is 8.64. The summed E-state index contributed by atoms with van der Waals surface area (Å²) in [7, 11) is 1.31. The summed E-state index contributed by atoms with van der Waals surface area (Å²) in [5.41, 5.74) is 0. The monoisotopic (exact) mass is 156 g/mol. The lowest BCUT2D eigenvalue weighted by atomic mass is 10.2. The minimum Gasteiger partial charge on any atom is -0.473 e. The molecule has 0 bridgehead atoms. The van der Waals surface area contributed by atoms with Gasteiger partial charge >= 0.3 is 0 Å². The molecule has 0 fully saturated rings. The molecule has 0 spiro atoms. The van der Waals surface area contributed by atoms with Crippen LogP contribution in [0, 0.1) is 5.92 Å². The van der Waals surface area contributed by atoms with E-state index in [0.717, 1.165) is 0 Å². The maximum atomic E-state index is 8.95. The van der Waals surface area contributed by atoms with Gasteiger partial charge in [-0.05, 0) is 18.1 Å². The first-order valence-electron chi connectivity index (χ1n) is 3.26. The number of methoxy groups -OCH3 is 1. The van der Waals surface area contributed by atoms with Crippen molar-refractivity contribution < 1.29 is 14.3 Å². The Balaban J connectivity index is 0.000000218. The summed E-state index contributed by atoms with van der Waals surface area (Å²) in [6.07, 6.45) is 7.40. The minimum absolute atomic E-state index is 0.375. The maximum Gasteiger partial charge on any atom is 0.292 e. The normalized spacial score (nSPS) is 14.4. The zero-order chi connectivity index (χ0) is 8.53. The first kappa shape index (κ1) is 9.75. The summed E-state index contributed by atoms with van der Waals surface area (Å²) in [5, 5.41) is 0. The zero-order valence-corrected chi connectivity index (χ0v) is 6.69.